The van der Waals surface area contributed by atoms with E-state index < -0.39 is 42.6 Å². The molecule has 0 aliphatic carbocycles. The highest BCUT2D eigenvalue weighted by Crippen LogP contribution is 2.28. The lowest BCUT2D eigenvalue weighted by molar-refractivity contribution is -0.221. The molecule has 14 heteroatoms. The highest BCUT2D eigenvalue weighted by Gasteiger charge is 2.44. The number of nitrogens with zero attached hydrogens (tertiary/aromatic N) is 3. The summed E-state index contributed by atoms with van der Waals surface area (Å²) in [6.45, 7) is -3.72. The van der Waals surface area contributed by atoms with Gasteiger partial charge in [-0.2, -0.15) is 26.9 Å². The minimum atomic E-state index is -4.59. The molecule has 3 heterocycles. The number of alkyl halides is 5. The second-order valence-electron chi connectivity index (χ2n) is 7.37. The fourth-order valence-electron chi connectivity index (χ4n) is 3.33. The normalized spacial score (nSPS) is 16.4. The molecule has 1 atom stereocenters. The Morgan fingerprint density at radius 3 is 2.63 bits per heavy atom. The molecule has 1 fully saturated rings. The van der Waals surface area contributed by atoms with Gasteiger partial charge in [0.2, 0.25) is 5.95 Å². The third kappa shape index (κ3) is 5.82. The Bertz CT molecular complexity index is 1240. The zero-order valence-corrected chi connectivity index (χ0v) is 17.7. The SMILES string of the molecule is O=c1[nH]cc(-c2ccc(OC(F)F)cc2)cc1Nc1nc(N2CCOC(C(F)(F)F)C2)ncc1F. The fourth-order valence-corrected chi connectivity index (χ4v) is 3.33. The second-order valence-corrected chi connectivity index (χ2v) is 7.37. The van der Waals surface area contributed by atoms with E-state index in [1.54, 1.807) is 0 Å². The summed E-state index contributed by atoms with van der Waals surface area (Å²) >= 11 is 0. The van der Waals surface area contributed by atoms with Gasteiger partial charge in [0.15, 0.2) is 17.7 Å². The maximum atomic E-state index is 14.4. The molecule has 0 spiro atoms. The molecule has 2 N–H and O–H groups in total. The first kappa shape index (κ1) is 24.3. The quantitative estimate of drug-likeness (QED) is 0.492. The summed E-state index contributed by atoms with van der Waals surface area (Å²) in [5, 5.41) is 2.54. The minimum absolute atomic E-state index is 0.0546. The summed E-state index contributed by atoms with van der Waals surface area (Å²) in [5.74, 6) is -1.59. The van der Waals surface area contributed by atoms with Crippen LogP contribution in [0.15, 0.2) is 47.5 Å². The van der Waals surface area contributed by atoms with E-state index >= 15 is 0 Å². The topological polar surface area (TPSA) is 92.4 Å². The van der Waals surface area contributed by atoms with Gasteiger partial charge in [-0.05, 0) is 23.8 Å². The molecule has 3 aromatic rings. The molecule has 186 valence electrons. The van der Waals surface area contributed by atoms with Gasteiger partial charge in [-0.15, -0.1) is 0 Å². The van der Waals surface area contributed by atoms with E-state index in [-0.39, 0.29) is 30.5 Å². The van der Waals surface area contributed by atoms with Crippen LogP contribution in [-0.2, 0) is 4.74 Å². The molecule has 1 aliphatic rings. The molecule has 4 rings (SSSR count). The largest absolute Gasteiger partial charge is 0.435 e. The molecule has 0 saturated carbocycles. The van der Waals surface area contributed by atoms with E-state index in [0.717, 1.165) is 6.20 Å². The Morgan fingerprint density at radius 2 is 1.94 bits per heavy atom. The molecule has 1 saturated heterocycles. The number of halogens is 6. The van der Waals surface area contributed by atoms with Crippen LogP contribution in [0.1, 0.15) is 0 Å². The Morgan fingerprint density at radius 1 is 1.20 bits per heavy atom. The molecule has 0 bridgehead atoms. The third-order valence-corrected chi connectivity index (χ3v) is 5.01. The number of rotatable bonds is 6. The van der Waals surface area contributed by atoms with Gasteiger partial charge < -0.3 is 24.7 Å². The van der Waals surface area contributed by atoms with Crippen molar-refractivity contribution in [2.75, 3.05) is 29.9 Å². The lowest BCUT2D eigenvalue weighted by atomic mass is 10.1. The first-order valence-corrected chi connectivity index (χ1v) is 10.1. The summed E-state index contributed by atoms with van der Waals surface area (Å²) in [4.78, 5) is 23.7. The van der Waals surface area contributed by atoms with Gasteiger partial charge in [0, 0.05) is 18.3 Å². The first-order valence-electron chi connectivity index (χ1n) is 10.1. The average Bonchev–Trinajstić information content (AvgIpc) is 2.81. The number of aromatic amines is 1. The number of hydrogen-bond acceptors (Lipinski definition) is 7. The average molecular weight is 501 g/mol. The Kier molecular flexibility index (Phi) is 6.82. The monoisotopic (exact) mass is 501 g/mol. The van der Waals surface area contributed by atoms with Gasteiger partial charge in [-0.1, -0.05) is 12.1 Å². The van der Waals surface area contributed by atoms with Crippen molar-refractivity contribution < 1.29 is 35.8 Å². The van der Waals surface area contributed by atoms with E-state index in [4.69, 9.17) is 4.74 Å². The van der Waals surface area contributed by atoms with Crippen LogP contribution in [0.3, 0.4) is 0 Å². The molecule has 1 aromatic carbocycles. The molecule has 0 amide bonds. The van der Waals surface area contributed by atoms with Crippen LogP contribution in [0.2, 0.25) is 0 Å². The standard InChI is InChI=1S/C21H17F6N5O3/c22-14-9-29-20(32-5-6-34-16(10-32)21(25,26)27)31-17(14)30-15-7-12(8-28-18(15)33)11-1-3-13(4-2-11)35-19(23)24/h1-4,7-9,16,19H,5-6,10H2,(H,28,33)(H,29,30,31). The van der Waals surface area contributed by atoms with Crippen molar-refractivity contribution in [1.82, 2.24) is 15.0 Å². The van der Waals surface area contributed by atoms with Crippen LogP contribution < -0.4 is 20.5 Å². The van der Waals surface area contributed by atoms with Crippen LogP contribution >= 0.6 is 0 Å². The van der Waals surface area contributed by atoms with Crippen molar-refractivity contribution in [1.29, 1.82) is 0 Å². The van der Waals surface area contributed by atoms with Gasteiger partial charge in [0.1, 0.15) is 11.4 Å². The summed E-state index contributed by atoms with van der Waals surface area (Å²) < 4.78 is 87.1. The van der Waals surface area contributed by atoms with Crippen LogP contribution in [0, 0.1) is 5.82 Å². The van der Waals surface area contributed by atoms with Crippen molar-refractivity contribution >= 4 is 17.5 Å². The van der Waals surface area contributed by atoms with Gasteiger partial charge >= 0.3 is 12.8 Å². The zero-order chi connectivity index (χ0) is 25.2. The maximum absolute atomic E-state index is 14.4. The number of aromatic nitrogens is 3. The molecule has 0 radical (unpaired) electrons. The number of H-pyrrole nitrogens is 1. The summed E-state index contributed by atoms with van der Waals surface area (Å²) in [6.07, 6.45) is -4.48. The van der Waals surface area contributed by atoms with Crippen LogP contribution in [0.5, 0.6) is 5.75 Å². The molecule has 8 nitrogen and oxygen atoms in total. The van der Waals surface area contributed by atoms with Gasteiger partial charge in [-0.25, -0.2) is 9.37 Å². The van der Waals surface area contributed by atoms with Crippen molar-refractivity contribution in [3.8, 4) is 16.9 Å². The number of morpholine rings is 1. The molecule has 2 aromatic heterocycles. The first-order chi connectivity index (χ1) is 16.6. The van der Waals surface area contributed by atoms with Gasteiger partial charge in [-0.3, -0.25) is 4.79 Å². The summed E-state index contributed by atoms with van der Waals surface area (Å²) in [6, 6.07) is 6.96. The highest BCUT2D eigenvalue weighted by molar-refractivity contribution is 5.69. The van der Waals surface area contributed by atoms with Crippen molar-refractivity contribution in [3.63, 3.8) is 0 Å². The number of pyridine rings is 1. The summed E-state index contributed by atoms with van der Waals surface area (Å²) in [7, 11) is 0. The number of hydrogen-bond donors (Lipinski definition) is 2. The van der Waals surface area contributed by atoms with E-state index in [0.29, 0.717) is 11.1 Å². The van der Waals surface area contributed by atoms with Crippen molar-refractivity contribution in [3.05, 3.63) is 58.9 Å². The van der Waals surface area contributed by atoms with Crippen LogP contribution in [-0.4, -0.2) is 53.5 Å². The van der Waals surface area contributed by atoms with Crippen molar-refractivity contribution in [2.24, 2.45) is 0 Å². The molecular formula is C21H17F6N5O3. The molecule has 35 heavy (non-hydrogen) atoms. The maximum Gasteiger partial charge on any atom is 0.416 e. The van der Waals surface area contributed by atoms with Crippen LogP contribution in [0.25, 0.3) is 11.1 Å². The third-order valence-electron chi connectivity index (χ3n) is 5.01. The predicted molar refractivity (Wildman–Crippen MR) is 112 cm³/mol. The highest BCUT2D eigenvalue weighted by atomic mass is 19.4. The molecule has 1 unspecified atom stereocenters. The van der Waals surface area contributed by atoms with E-state index in [2.05, 4.69) is 25.0 Å². The van der Waals surface area contributed by atoms with Gasteiger partial charge in [0.25, 0.3) is 5.56 Å². The second kappa shape index (κ2) is 9.82. The van der Waals surface area contributed by atoms with E-state index in [1.807, 2.05) is 0 Å². The predicted octanol–water partition coefficient (Wildman–Crippen LogP) is 4.08. The van der Waals surface area contributed by atoms with E-state index in [9.17, 15) is 31.1 Å². The smallest absolute Gasteiger partial charge is 0.416 e. The number of ether oxygens (including phenoxy) is 2. The molecular weight excluding hydrogens is 484 g/mol. The van der Waals surface area contributed by atoms with E-state index in [1.165, 1.54) is 41.4 Å². The summed E-state index contributed by atoms with van der Waals surface area (Å²) in [5.41, 5.74) is 0.233. The fraction of sp³-hybridized carbons (Fsp3) is 0.286. The Balaban J connectivity index is 1.57. The van der Waals surface area contributed by atoms with Crippen molar-refractivity contribution in [2.45, 2.75) is 18.9 Å². The lowest BCUT2D eigenvalue weighted by Gasteiger charge is -2.33. The minimum Gasteiger partial charge on any atom is -0.435 e. The Hall–Kier alpha value is -3.81. The van der Waals surface area contributed by atoms with Crippen LogP contribution in [0.4, 0.5) is 43.8 Å². The Labute approximate surface area is 193 Å². The molecule has 1 aliphatic heterocycles. The van der Waals surface area contributed by atoms with Gasteiger partial charge in [0.05, 0.1) is 19.3 Å². The number of nitrogens with one attached hydrogen (secondary N) is 2. The lowest BCUT2D eigenvalue weighted by Crippen LogP contribution is -2.49. The zero-order valence-electron chi connectivity index (χ0n) is 17.7. The number of anilines is 3. The number of benzene rings is 1.